The van der Waals surface area contributed by atoms with Gasteiger partial charge in [0.1, 0.15) is 11.3 Å². The third-order valence-corrected chi connectivity index (χ3v) is 5.15. The smallest absolute Gasteiger partial charge is 0.116 e. The molecule has 0 amide bonds. The molecule has 3 rings (SSSR count). The minimum atomic E-state index is 0.323. The van der Waals surface area contributed by atoms with Crippen LogP contribution in [0.15, 0.2) is 24.3 Å². The molecule has 0 aliphatic heterocycles. The normalized spacial score (nSPS) is 11.3. The van der Waals surface area contributed by atoms with Crippen molar-refractivity contribution < 1.29 is 5.11 Å². The van der Waals surface area contributed by atoms with Gasteiger partial charge in [0.05, 0.1) is 5.52 Å². The van der Waals surface area contributed by atoms with Gasteiger partial charge < -0.3 is 5.11 Å². The molecular weight excluding hydrogens is 298 g/mol. The molecule has 0 fully saturated rings. The predicted octanol–water partition coefficient (Wildman–Crippen LogP) is 4.39. The van der Waals surface area contributed by atoms with E-state index in [-0.39, 0.29) is 0 Å². The van der Waals surface area contributed by atoms with Crippen LogP contribution in [-0.4, -0.2) is 20.1 Å². The molecule has 0 radical (unpaired) electrons. The molecule has 3 aromatic rings. The van der Waals surface area contributed by atoms with E-state index in [0.717, 1.165) is 31.3 Å². The molecule has 0 bridgehead atoms. The van der Waals surface area contributed by atoms with Gasteiger partial charge in [0.25, 0.3) is 0 Å². The van der Waals surface area contributed by atoms with Crippen LogP contribution in [0.1, 0.15) is 40.7 Å². The Hall–Kier alpha value is -2.36. The predicted molar refractivity (Wildman–Crippen MR) is 97.5 cm³/mol. The van der Waals surface area contributed by atoms with E-state index in [9.17, 15) is 5.11 Å². The highest BCUT2D eigenvalue weighted by atomic mass is 16.3. The maximum absolute atomic E-state index is 9.33. The Labute approximate surface area is 143 Å². The minimum absolute atomic E-state index is 0.323. The fourth-order valence-corrected chi connectivity index (χ4v) is 3.26. The summed E-state index contributed by atoms with van der Waals surface area (Å²) in [4.78, 5) is 0. The molecule has 1 aromatic heterocycles. The second kappa shape index (κ2) is 6.63. The van der Waals surface area contributed by atoms with Gasteiger partial charge in [-0.15, -0.1) is 5.10 Å². The standard InChI is InChI=1S/C20H25N3O/c1-13-14(2)16(4)20-19(15(13)3)21-22-23(20)12-6-5-7-17-8-10-18(24)11-9-17/h8-11,24H,5-7,12H2,1-4H3. The highest BCUT2D eigenvalue weighted by Gasteiger charge is 2.14. The van der Waals surface area contributed by atoms with Crippen LogP contribution in [0.4, 0.5) is 0 Å². The summed E-state index contributed by atoms with van der Waals surface area (Å²) in [5.74, 6) is 0.323. The minimum Gasteiger partial charge on any atom is -0.508 e. The van der Waals surface area contributed by atoms with Crippen molar-refractivity contribution in [1.29, 1.82) is 0 Å². The summed E-state index contributed by atoms with van der Waals surface area (Å²) in [5, 5.41) is 18.1. The van der Waals surface area contributed by atoms with E-state index >= 15 is 0 Å². The molecule has 4 nitrogen and oxygen atoms in total. The molecule has 4 heteroatoms. The largest absolute Gasteiger partial charge is 0.508 e. The van der Waals surface area contributed by atoms with Crippen LogP contribution >= 0.6 is 0 Å². The lowest BCUT2D eigenvalue weighted by Gasteiger charge is -2.11. The lowest BCUT2D eigenvalue weighted by Crippen LogP contribution is -2.03. The summed E-state index contributed by atoms with van der Waals surface area (Å²) >= 11 is 0. The number of nitrogens with zero attached hydrogens (tertiary/aromatic N) is 3. The highest BCUT2D eigenvalue weighted by molar-refractivity contribution is 5.84. The second-order valence-corrected chi connectivity index (χ2v) is 6.63. The number of aromatic nitrogens is 3. The van der Waals surface area contributed by atoms with Gasteiger partial charge in [-0.3, -0.25) is 0 Å². The Balaban J connectivity index is 1.71. The van der Waals surface area contributed by atoms with Crippen molar-refractivity contribution in [3.63, 3.8) is 0 Å². The van der Waals surface area contributed by atoms with Gasteiger partial charge in [-0.1, -0.05) is 17.3 Å². The highest BCUT2D eigenvalue weighted by Crippen LogP contribution is 2.27. The summed E-state index contributed by atoms with van der Waals surface area (Å²) < 4.78 is 2.06. The van der Waals surface area contributed by atoms with Crippen molar-refractivity contribution in [2.75, 3.05) is 0 Å². The molecule has 24 heavy (non-hydrogen) atoms. The van der Waals surface area contributed by atoms with Crippen molar-refractivity contribution in [3.05, 3.63) is 52.1 Å². The Morgan fingerprint density at radius 1 is 0.875 bits per heavy atom. The van der Waals surface area contributed by atoms with Gasteiger partial charge in [-0.2, -0.15) is 0 Å². The van der Waals surface area contributed by atoms with E-state index in [1.54, 1.807) is 12.1 Å². The monoisotopic (exact) mass is 323 g/mol. The number of hydrogen-bond donors (Lipinski definition) is 1. The number of fused-ring (bicyclic) bond motifs is 1. The molecule has 0 unspecified atom stereocenters. The number of phenols is 1. The van der Waals surface area contributed by atoms with Gasteiger partial charge in [-0.25, -0.2) is 4.68 Å². The zero-order valence-electron chi connectivity index (χ0n) is 14.9. The molecule has 1 heterocycles. The van der Waals surface area contributed by atoms with Crippen molar-refractivity contribution >= 4 is 11.0 Å². The zero-order chi connectivity index (χ0) is 17.3. The summed E-state index contributed by atoms with van der Waals surface area (Å²) in [7, 11) is 0. The Bertz CT molecular complexity index is 863. The number of rotatable bonds is 5. The Morgan fingerprint density at radius 2 is 1.54 bits per heavy atom. The molecule has 0 aliphatic rings. The van der Waals surface area contributed by atoms with Gasteiger partial charge in [0.2, 0.25) is 0 Å². The average molecular weight is 323 g/mol. The van der Waals surface area contributed by atoms with Crippen molar-refractivity contribution in [2.45, 2.75) is 53.5 Å². The molecule has 0 aliphatic carbocycles. The van der Waals surface area contributed by atoms with Crippen molar-refractivity contribution in [2.24, 2.45) is 0 Å². The Morgan fingerprint density at radius 3 is 2.25 bits per heavy atom. The van der Waals surface area contributed by atoms with E-state index in [2.05, 4.69) is 42.7 Å². The molecule has 126 valence electrons. The maximum Gasteiger partial charge on any atom is 0.116 e. The first kappa shape index (κ1) is 16.5. The molecular formula is C20H25N3O. The third-order valence-electron chi connectivity index (χ3n) is 5.15. The van der Waals surface area contributed by atoms with Crippen LogP contribution < -0.4 is 0 Å². The first-order valence-electron chi connectivity index (χ1n) is 8.56. The van der Waals surface area contributed by atoms with Crippen LogP contribution in [0.25, 0.3) is 11.0 Å². The number of hydrogen-bond acceptors (Lipinski definition) is 3. The van der Waals surface area contributed by atoms with Gasteiger partial charge in [0, 0.05) is 6.54 Å². The van der Waals surface area contributed by atoms with E-state index in [1.165, 1.54) is 33.3 Å². The molecule has 0 spiro atoms. The zero-order valence-corrected chi connectivity index (χ0v) is 14.9. The molecule has 0 saturated carbocycles. The van der Waals surface area contributed by atoms with Crippen LogP contribution in [0.3, 0.4) is 0 Å². The number of benzene rings is 2. The van der Waals surface area contributed by atoms with Crippen LogP contribution in [0.5, 0.6) is 5.75 Å². The van der Waals surface area contributed by atoms with Gasteiger partial charge in [0.15, 0.2) is 0 Å². The van der Waals surface area contributed by atoms with E-state index in [4.69, 9.17) is 0 Å². The van der Waals surface area contributed by atoms with E-state index < -0.39 is 0 Å². The molecule has 2 aromatic carbocycles. The first-order chi connectivity index (χ1) is 11.5. The van der Waals surface area contributed by atoms with Crippen LogP contribution in [-0.2, 0) is 13.0 Å². The van der Waals surface area contributed by atoms with Gasteiger partial charge in [-0.05, 0) is 86.9 Å². The Kier molecular flexibility index (Phi) is 4.56. The maximum atomic E-state index is 9.33. The summed E-state index contributed by atoms with van der Waals surface area (Å²) in [6, 6.07) is 7.47. The number of aromatic hydroxyl groups is 1. The lowest BCUT2D eigenvalue weighted by atomic mass is 9.97. The molecule has 0 saturated heterocycles. The number of unbranched alkanes of at least 4 members (excludes halogenated alkanes) is 1. The van der Waals surface area contributed by atoms with Gasteiger partial charge >= 0.3 is 0 Å². The first-order valence-corrected chi connectivity index (χ1v) is 8.56. The fraction of sp³-hybridized carbons (Fsp3) is 0.400. The third kappa shape index (κ3) is 3.01. The van der Waals surface area contributed by atoms with Crippen molar-refractivity contribution in [1.82, 2.24) is 15.0 Å². The van der Waals surface area contributed by atoms with E-state index in [0.29, 0.717) is 5.75 Å². The molecule has 0 atom stereocenters. The van der Waals surface area contributed by atoms with Crippen molar-refractivity contribution in [3.8, 4) is 5.75 Å². The summed E-state index contributed by atoms with van der Waals surface area (Å²) in [5.41, 5.74) is 8.66. The quantitative estimate of drug-likeness (QED) is 0.708. The fourth-order valence-electron chi connectivity index (χ4n) is 3.26. The van der Waals surface area contributed by atoms with Crippen LogP contribution in [0, 0.1) is 27.7 Å². The van der Waals surface area contributed by atoms with Crippen LogP contribution in [0.2, 0.25) is 0 Å². The molecule has 1 N–H and O–H groups in total. The average Bonchev–Trinajstić information content (AvgIpc) is 3.00. The summed E-state index contributed by atoms with van der Waals surface area (Å²) in [6.07, 6.45) is 3.17. The lowest BCUT2D eigenvalue weighted by molar-refractivity contribution is 0.475. The number of phenolic OH excluding ortho intramolecular Hbond substituents is 1. The van der Waals surface area contributed by atoms with E-state index in [1.807, 2.05) is 12.1 Å². The second-order valence-electron chi connectivity index (χ2n) is 6.63. The topological polar surface area (TPSA) is 50.9 Å². The SMILES string of the molecule is Cc1c(C)c(C)c2c(nnn2CCCCc2ccc(O)cc2)c1C. The number of aryl methyl sites for hydroxylation is 4. The summed E-state index contributed by atoms with van der Waals surface area (Å²) in [6.45, 7) is 9.53.